The number of hydrogen-bond donors (Lipinski definition) is 0. The third-order valence-electron chi connectivity index (χ3n) is 4.73. The molecule has 7 heteroatoms. The summed E-state index contributed by atoms with van der Waals surface area (Å²) in [5, 5.41) is 4.27. The van der Waals surface area contributed by atoms with Gasteiger partial charge in [-0.2, -0.15) is 10.1 Å². The normalized spacial score (nSPS) is 18.6. The molecule has 3 rings (SSSR count). The van der Waals surface area contributed by atoms with E-state index in [-0.39, 0.29) is 0 Å². The van der Waals surface area contributed by atoms with Gasteiger partial charge in [0.05, 0.1) is 5.69 Å². The minimum Gasteiger partial charge on any atom is -0.355 e. The maximum absolute atomic E-state index is 4.67. The highest BCUT2D eigenvalue weighted by Gasteiger charge is 2.25. The van der Waals surface area contributed by atoms with Crippen LogP contribution in [0.3, 0.4) is 0 Å². The zero-order chi connectivity index (χ0) is 17.1. The average molecular weight is 329 g/mol. The number of rotatable bonds is 5. The highest BCUT2D eigenvalue weighted by molar-refractivity contribution is 5.43. The van der Waals surface area contributed by atoms with Crippen molar-refractivity contribution in [3.63, 3.8) is 0 Å². The molecule has 0 aliphatic carbocycles. The lowest BCUT2D eigenvalue weighted by atomic mass is 10.0. The molecule has 0 amide bonds. The topological polar surface area (TPSA) is 53.3 Å². The van der Waals surface area contributed by atoms with E-state index in [9.17, 15) is 0 Å². The van der Waals surface area contributed by atoms with E-state index < -0.39 is 0 Å². The zero-order valence-corrected chi connectivity index (χ0v) is 15.1. The Hall–Kier alpha value is -2.15. The standard InChI is InChI=1S/C17H27N7/c1-21(2)17-18-9-8-16(20-17)22(3)14-6-5-11-24(12-14)13-15-7-10-19-23(15)4/h7-10,14H,5-6,11-13H2,1-4H3. The first kappa shape index (κ1) is 16.7. The minimum absolute atomic E-state index is 0.469. The summed E-state index contributed by atoms with van der Waals surface area (Å²) >= 11 is 0. The Labute approximate surface area is 143 Å². The number of anilines is 2. The molecule has 1 saturated heterocycles. The van der Waals surface area contributed by atoms with Crippen LogP contribution in [0.4, 0.5) is 11.8 Å². The van der Waals surface area contributed by atoms with Gasteiger partial charge in [-0.1, -0.05) is 0 Å². The van der Waals surface area contributed by atoms with E-state index in [4.69, 9.17) is 0 Å². The van der Waals surface area contributed by atoms with Gasteiger partial charge in [0, 0.05) is 59.7 Å². The Bertz CT molecular complexity index is 666. The number of piperidine rings is 1. The van der Waals surface area contributed by atoms with Crippen LogP contribution in [0.5, 0.6) is 0 Å². The van der Waals surface area contributed by atoms with E-state index in [1.54, 1.807) is 0 Å². The molecule has 1 atom stereocenters. The van der Waals surface area contributed by atoms with Crippen LogP contribution in [0.25, 0.3) is 0 Å². The van der Waals surface area contributed by atoms with E-state index in [0.29, 0.717) is 6.04 Å². The predicted molar refractivity (Wildman–Crippen MR) is 96.3 cm³/mol. The summed E-state index contributed by atoms with van der Waals surface area (Å²) in [4.78, 5) is 15.7. The van der Waals surface area contributed by atoms with Crippen LogP contribution in [0, 0.1) is 0 Å². The third kappa shape index (κ3) is 3.67. The summed E-state index contributed by atoms with van der Waals surface area (Å²) in [5.74, 6) is 1.74. The van der Waals surface area contributed by atoms with Crippen molar-refractivity contribution in [3.8, 4) is 0 Å². The van der Waals surface area contributed by atoms with Crippen LogP contribution in [-0.2, 0) is 13.6 Å². The number of aromatic nitrogens is 4. The molecule has 3 heterocycles. The molecule has 1 unspecified atom stereocenters. The smallest absolute Gasteiger partial charge is 0.226 e. The molecule has 0 bridgehead atoms. The molecular formula is C17H27N7. The second-order valence-corrected chi connectivity index (χ2v) is 6.70. The number of likely N-dealkylation sites (N-methyl/N-ethyl adjacent to an activating group) is 1. The third-order valence-corrected chi connectivity index (χ3v) is 4.73. The Kier molecular flexibility index (Phi) is 4.99. The number of hydrogen-bond acceptors (Lipinski definition) is 6. The fourth-order valence-electron chi connectivity index (χ4n) is 3.21. The monoisotopic (exact) mass is 329 g/mol. The second kappa shape index (κ2) is 7.17. The molecule has 130 valence electrons. The van der Waals surface area contributed by atoms with Gasteiger partial charge in [-0.15, -0.1) is 0 Å². The van der Waals surface area contributed by atoms with Crippen LogP contribution in [0.1, 0.15) is 18.5 Å². The van der Waals surface area contributed by atoms with Crippen molar-refractivity contribution in [2.24, 2.45) is 7.05 Å². The molecular weight excluding hydrogens is 302 g/mol. The highest BCUT2D eigenvalue weighted by atomic mass is 15.3. The number of likely N-dealkylation sites (tertiary alicyclic amines) is 1. The van der Waals surface area contributed by atoms with Gasteiger partial charge in [-0.25, -0.2) is 4.98 Å². The summed E-state index contributed by atoms with van der Waals surface area (Å²) < 4.78 is 1.96. The molecule has 0 saturated carbocycles. The Balaban J connectivity index is 1.67. The fraction of sp³-hybridized carbons (Fsp3) is 0.588. The lowest BCUT2D eigenvalue weighted by molar-refractivity contribution is 0.194. The Morgan fingerprint density at radius 1 is 1.21 bits per heavy atom. The largest absolute Gasteiger partial charge is 0.355 e. The van der Waals surface area contributed by atoms with Gasteiger partial charge in [0.1, 0.15) is 5.82 Å². The SMILES string of the molecule is CN(C)c1nccc(N(C)C2CCCN(Cc3ccnn3C)C2)n1. The first-order valence-electron chi connectivity index (χ1n) is 8.47. The number of nitrogens with zero attached hydrogens (tertiary/aromatic N) is 7. The maximum atomic E-state index is 4.67. The van der Waals surface area contributed by atoms with Crippen molar-refractivity contribution in [2.75, 3.05) is 44.0 Å². The molecule has 0 N–H and O–H groups in total. The zero-order valence-electron chi connectivity index (χ0n) is 15.1. The average Bonchev–Trinajstić information content (AvgIpc) is 2.99. The maximum Gasteiger partial charge on any atom is 0.226 e. The molecule has 1 aliphatic rings. The van der Waals surface area contributed by atoms with E-state index >= 15 is 0 Å². The first-order valence-corrected chi connectivity index (χ1v) is 8.47. The molecule has 7 nitrogen and oxygen atoms in total. The van der Waals surface area contributed by atoms with Crippen LogP contribution < -0.4 is 9.80 Å². The molecule has 0 spiro atoms. The van der Waals surface area contributed by atoms with E-state index in [2.05, 4.69) is 38.0 Å². The predicted octanol–water partition coefficient (Wildman–Crippen LogP) is 1.38. The van der Waals surface area contributed by atoms with Crippen molar-refractivity contribution in [2.45, 2.75) is 25.4 Å². The quantitative estimate of drug-likeness (QED) is 0.826. The van der Waals surface area contributed by atoms with Crippen molar-refractivity contribution in [1.82, 2.24) is 24.6 Å². The van der Waals surface area contributed by atoms with Crippen LogP contribution in [0.15, 0.2) is 24.5 Å². The van der Waals surface area contributed by atoms with Gasteiger partial charge < -0.3 is 9.80 Å². The molecule has 2 aromatic heterocycles. The molecule has 0 aromatic carbocycles. The second-order valence-electron chi connectivity index (χ2n) is 6.70. The van der Waals surface area contributed by atoms with Gasteiger partial charge in [0.15, 0.2) is 0 Å². The van der Waals surface area contributed by atoms with Gasteiger partial charge in [-0.05, 0) is 31.5 Å². The fourth-order valence-corrected chi connectivity index (χ4v) is 3.21. The lowest BCUT2D eigenvalue weighted by Gasteiger charge is -2.38. The molecule has 1 aliphatic heterocycles. The van der Waals surface area contributed by atoms with E-state index in [0.717, 1.165) is 31.4 Å². The molecule has 24 heavy (non-hydrogen) atoms. The van der Waals surface area contributed by atoms with Crippen molar-refractivity contribution in [3.05, 3.63) is 30.2 Å². The summed E-state index contributed by atoms with van der Waals surface area (Å²) in [5.41, 5.74) is 1.26. The summed E-state index contributed by atoms with van der Waals surface area (Å²) in [7, 11) is 8.08. The minimum atomic E-state index is 0.469. The van der Waals surface area contributed by atoms with Crippen molar-refractivity contribution >= 4 is 11.8 Å². The van der Waals surface area contributed by atoms with Crippen molar-refractivity contribution < 1.29 is 0 Å². The van der Waals surface area contributed by atoms with Gasteiger partial charge in [0.25, 0.3) is 0 Å². The van der Waals surface area contributed by atoms with Gasteiger partial charge in [0.2, 0.25) is 5.95 Å². The molecule has 2 aromatic rings. The lowest BCUT2D eigenvalue weighted by Crippen LogP contribution is -2.46. The van der Waals surface area contributed by atoms with Crippen molar-refractivity contribution in [1.29, 1.82) is 0 Å². The van der Waals surface area contributed by atoms with Crippen LogP contribution >= 0.6 is 0 Å². The summed E-state index contributed by atoms with van der Waals surface area (Å²) in [6.45, 7) is 3.14. The summed E-state index contributed by atoms with van der Waals surface area (Å²) in [6, 6.07) is 4.56. The first-order chi connectivity index (χ1) is 11.5. The van der Waals surface area contributed by atoms with E-state index in [1.165, 1.54) is 18.5 Å². The van der Waals surface area contributed by atoms with Gasteiger partial charge in [-0.3, -0.25) is 9.58 Å². The van der Waals surface area contributed by atoms with Gasteiger partial charge >= 0.3 is 0 Å². The van der Waals surface area contributed by atoms with Crippen LogP contribution in [0.2, 0.25) is 0 Å². The highest BCUT2D eigenvalue weighted by Crippen LogP contribution is 2.22. The number of aryl methyl sites for hydroxylation is 1. The molecule has 0 radical (unpaired) electrons. The summed E-state index contributed by atoms with van der Waals surface area (Å²) in [6.07, 6.45) is 6.11. The molecule has 1 fully saturated rings. The Morgan fingerprint density at radius 3 is 2.75 bits per heavy atom. The Morgan fingerprint density at radius 2 is 2.04 bits per heavy atom. The van der Waals surface area contributed by atoms with Crippen LogP contribution in [-0.4, -0.2) is 64.9 Å². The van der Waals surface area contributed by atoms with E-state index in [1.807, 2.05) is 49.2 Å².